The first kappa shape index (κ1) is 21.7. The van der Waals surface area contributed by atoms with Crippen LogP contribution >= 0.6 is 23.2 Å². The van der Waals surface area contributed by atoms with Crippen molar-refractivity contribution >= 4 is 52.4 Å². The van der Waals surface area contributed by atoms with Crippen molar-refractivity contribution in [3.05, 3.63) is 63.8 Å². The molecule has 0 fully saturated rings. The monoisotopic (exact) mass is 448 g/mol. The van der Waals surface area contributed by atoms with E-state index >= 15 is 0 Å². The van der Waals surface area contributed by atoms with Gasteiger partial charge in [-0.2, -0.15) is 0 Å². The van der Waals surface area contributed by atoms with Crippen molar-refractivity contribution in [1.82, 2.24) is 0 Å². The zero-order valence-corrected chi connectivity index (χ0v) is 17.5. The van der Waals surface area contributed by atoms with Crippen LogP contribution in [0.15, 0.2) is 53.2 Å². The maximum Gasteiger partial charge on any atom is 0.338 e. The summed E-state index contributed by atoms with van der Waals surface area (Å²) in [6, 6.07) is 10.1. The van der Waals surface area contributed by atoms with Gasteiger partial charge < -0.3 is 15.2 Å². The molecule has 0 unspecified atom stereocenters. The van der Waals surface area contributed by atoms with E-state index in [-0.39, 0.29) is 27.9 Å². The molecule has 2 amide bonds. The lowest BCUT2D eigenvalue weighted by Crippen LogP contribution is -2.32. The summed E-state index contributed by atoms with van der Waals surface area (Å²) in [5.41, 5.74) is 0.474. The number of carbonyl (C=O) groups is 3. The maximum atomic E-state index is 12.8. The van der Waals surface area contributed by atoms with Crippen LogP contribution in [0.5, 0.6) is 5.75 Å². The van der Waals surface area contributed by atoms with Crippen LogP contribution in [0, 0.1) is 0 Å². The molecule has 0 aliphatic carbocycles. The van der Waals surface area contributed by atoms with Crippen molar-refractivity contribution in [1.29, 1.82) is 0 Å². The predicted molar refractivity (Wildman–Crippen MR) is 114 cm³/mol. The lowest BCUT2D eigenvalue weighted by atomic mass is 10.2. The average Bonchev–Trinajstić information content (AvgIpc) is 2.94. The van der Waals surface area contributed by atoms with E-state index in [1.165, 1.54) is 42.5 Å². The Morgan fingerprint density at radius 3 is 2.47 bits per heavy atom. The highest BCUT2D eigenvalue weighted by atomic mass is 35.5. The molecule has 1 aliphatic rings. The van der Waals surface area contributed by atoms with E-state index in [1.807, 2.05) is 6.92 Å². The fourth-order valence-electron chi connectivity index (χ4n) is 2.73. The van der Waals surface area contributed by atoms with Crippen LogP contribution in [-0.4, -0.2) is 29.5 Å². The third kappa shape index (κ3) is 4.42. The Bertz CT molecular complexity index is 1030. The SMILES string of the molecule is CCCCOC(=O)c1ccc(N2C(=O)C(Cl)=C(Nc3cc(Cl)ccc3O)C2=O)cc1. The van der Waals surface area contributed by atoms with Gasteiger partial charge in [-0.05, 0) is 48.9 Å². The molecule has 3 rings (SSSR count). The summed E-state index contributed by atoms with van der Waals surface area (Å²) >= 11 is 12.0. The Morgan fingerprint density at radius 1 is 1.10 bits per heavy atom. The molecular weight excluding hydrogens is 431 g/mol. The Hall–Kier alpha value is -3.03. The third-order valence-electron chi connectivity index (χ3n) is 4.34. The topological polar surface area (TPSA) is 95.9 Å². The van der Waals surface area contributed by atoms with Gasteiger partial charge in [0.05, 0.1) is 23.5 Å². The Balaban J connectivity index is 1.78. The normalized spacial score (nSPS) is 13.8. The van der Waals surface area contributed by atoms with Crippen molar-refractivity contribution < 1.29 is 24.2 Å². The molecule has 0 aromatic heterocycles. The van der Waals surface area contributed by atoms with E-state index in [4.69, 9.17) is 27.9 Å². The zero-order chi connectivity index (χ0) is 21.8. The van der Waals surface area contributed by atoms with Gasteiger partial charge in [0.1, 0.15) is 16.5 Å². The summed E-state index contributed by atoms with van der Waals surface area (Å²) in [5.74, 6) is -2.09. The molecule has 0 bridgehead atoms. The van der Waals surface area contributed by atoms with Crippen molar-refractivity contribution in [2.75, 3.05) is 16.8 Å². The number of benzene rings is 2. The number of phenolic OH excluding ortho intramolecular Hbond substituents is 1. The Morgan fingerprint density at radius 2 is 1.80 bits per heavy atom. The van der Waals surface area contributed by atoms with Crippen LogP contribution in [0.2, 0.25) is 5.02 Å². The first-order valence-corrected chi connectivity index (χ1v) is 9.90. The number of nitrogens with one attached hydrogen (secondary N) is 1. The molecule has 2 aromatic rings. The van der Waals surface area contributed by atoms with Gasteiger partial charge in [-0.25, -0.2) is 9.69 Å². The van der Waals surface area contributed by atoms with E-state index in [0.717, 1.165) is 17.7 Å². The average molecular weight is 449 g/mol. The number of aromatic hydroxyl groups is 1. The van der Waals surface area contributed by atoms with Crippen molar-refractivity contribution in [2.24, 2.45) is 0 Å². The first-order chi connectivity index (χ1) is 14.3. The van der Waals surface area contributed by atoms with Crippen LogP contribution in [-0.2, 0) is 14.3 Å². The van der Waals surface area contributed by atoms with E-state index in [0.29, 0.717) is 17.2 Å². The molecule has 7 nitrogen and oxygen atoms in total. The Kier molecular flexibility index (Phi) is 6.64. The van der Waals surface area contributed by atoms with E-state index < -0.39 is 17.8 Å². The van der Waals surface area contributed by atoms with Gasteiger partial charge in [0.2, 0.25) is 0 Å². The summed E-state index contributed by atoms with van der Waals surface area (Å²) in [4.78, 5) is 38.2. The number of amides is 2. The fourth-order valence-corrected chi connectivity index (χ4v) is 3.11. The number of unbranched alkanes of at least 4 members (excludes halogenated alkanes) is 1. The molecule has 0 radical (unpaired) electrons. The minimum atomic E-state index is -0.732. The summed E-state index contributed by atoms with van der Waals surface area (Å²) in [5, 5.41) is 12.6. The molecule has 1 aliphatic heterocycles. The van der Waals surface area contributed by atoms with Gasteiger partial charge in [-0.3, -0.25) is 9.59 Å². The molecule has 30 heavy (non-hydrogen) atoms. The molecule has 0 spiro atoms. The number of esters is 1. The van der Waals surface area contributed by atoms with Crippen molar-refractivity contribution in [3.8, 4) is 5.75 Å². The lowest BCUT2D eigenvalue weighted by molar-refractivity contribution is -0.120. The van der Waals surface area contributed by atoms with Gasteiger partial charge >= 0.3 is 5.97 Å². The van der Waals surface area contributed by atoms with E-state index in [1.54, 1.807) is 0 Å². The molecule has 1 heterocycles. The number of carbonyl (C=O) groups excluding carboxylic acids is 3. The van der Waals surface area contributed by atoms with Crippen molar-refractivity contribution in [2.45, 2.75) is 19.8 Å². The summed E-state index contributed by atoms with van der Waals surface area (Å²) in [6.45, 7) is 2.31. The highest BCUT2D eigenvalue weighted by molar-refractivity contribution is 6.53. The number of phenols is 1. The summed E-state index contributed by atoms with van der Waals surface area (Å²) in [7, 11) is 0. The molecule has 2 aromatic carbocycles. The summed E-state index contributed by atoms with van der Waals surface area (Å²) in [6.07, 6.45) is 1.67. The highest BCUT2D eigenvalue weighted by Crippen LogP contribution is 2.33. The number of nitrogens with zero attached hydrogens (tertiary/aromatic N) is 1. The predicted octanol–water partition coefficient (Wildman–Crippen LogP) is 4.44. The fraction of sp³-hybridized carbons (Fsp3) is 0.190. The van der Waals surface area contributed by atoms with Gasteiger partial charge in [-0.15, -0.1) is 0 Å². The minimum Gasteiger partial charge on any atom is -0.506 e. The lowest BCUT2D eigenvalue weighted by Gasteiger charge is -2.16. The molecule has 156 valence electrons. The quantitative estimate of drug-likeness (QED) is 0.281. The van der Waals surface area contributed by atoms with Crippen LogP contribution in [0.25, 0.3) is 0 Å². The number of imide groups is 1. The standard InChI is InChI=1S/C21H18Cl2N2O5/c1-2-3-10-30-21(29)12-4-7-14(8-5-12)25-19(27)17(23)18(20(25)28)24-15-11-13(22)6-9-16(15)26/h4-9,11,24,26H,2-3,10H2,1H3. The number of ether oxygens (including phenoxy) is 1. The maximum absolute atomic E-state index is 12.8. The Labute approximate surface area is 182 Å². The number of halogens is 2. The largest absolute Gasteiger partial charge is 0.506 e. The molecule has 0 atom stereocenters. The third-order valence-corrected chi connectivity index (χ3v) is 4.92. The molecule has 0 saturated heterocycles. The van der Waals surface area contributed by atoms with Gasteiger partial charge in [-0.1, -0.05) is 36.5 Å². The zero-order valence-electron chi connectivity index (χ0n) is 15.9. The van der Waals surface area contributed by atoms with Crippen LogP contribution in [0.4, 0.5) is 11.4 Å². The van der Waals surface area contributed by atoms with Gasteiger partial charge in [0, 0.05) is 5.02 Å². The summed E-state index contributed by atoms with van der Waals surface area (Å²) < 4.78 is 5.14. The van der Waals surface area contributed by atoms with Crippen LogP contribution in [0.3, 0.4) is 0 Å². The van der Waals surface area contributed by atoms with Gasteiger partial charge in [0.25, 0.3) is 11.8 Å². The molecule has 9 heteroatoms. The second-order valence-corrected chi connectivity index (χ2v) is 7.27. The van der Waals surface area contributed by atoms with Crippen LogP contribution < -0.4 is 10.2 Å². The number of anilines is 2. The van der Waals surface area contributed by atoms with Gasteiger partial charge in [0.15, 0.2) is 0 Å². The molecule has 2 N–H and O–H groups in total. The highest BCUT2D eigenvalue weighted by Gasteiger charge is 2.39. The van der Waals surface area contributed by atoms with E-state index in [9.17, 15) is 19.5 Å². The second kappa shape index (κ2) is 9.19. The molecule has 0 saturated carbocycles. The number of hydrogen-bond donors (Lipinski definition) is 2. The smallest absolute Gasteiger partial charge is 0.338 e. The molecular formula is C21H18Cl2N2O5. The number of rotatable bonds is 7. The minimum absolute atomic E-state index is 0.129. The number of hydrogen-bond acceptors (Lipinski definition) is 6. The van der Waals surface area contributed by atoms with Crippen LogP contribution in [0.1, 0.15) is 30.1 Å². The first-order valence-electron chi connectivity index (χ1n) is 9.14. The van der Waals surface area contributed by atoms with E-state index in [2.05, 4.69) is 5.32 Å². The van der Waals surface area contributed by atoms with Crippen molar-refractivity contribution in [3.63, 3.8) is 0 Å². The second-order valence-electron chi connectivity index (χ2n) is 6.46.